The summed E-state index contributed by atoms with van der Waals surface area (Å²) in [5.74, 6) is 0.947. The number of fused-ring (bicyclic) bond motifs is 1. The van der Waals surface area contributed by atoms with Crippen LogP contribution in [0.1, 0.15) is 19.3 Å². The Kier molecular flexibility index (Phi) is 2.14. The Labute approximate surface area is 69.0 Å². The highest BCUT2D eigenvalue weighted by atomic mass is 15.1. The Balaban J connectivity index is 1.98. The third-order valence-electron chi connectivity index (χ3n) is 3.11. The molecule has 2 nitrogen and oxygen atoms in total. The molecule has 0 spiro atoms. The number of rotatable bonds is 0. The molecule has 2 unspecified atom stereocenters. The van der Waals surface area contributed by atoms with Crippen molar-refractivity contribution < 1.29 is 0 Å². The predicted octanol–water partition coefficient (Wildman–Crippen LogP) is 0.690. The van der Waals surface area contributed by atoms with E-state index in [0.29, 0.717) is 0 Å². The predicted molar refractivity (Wildman–Crippen MR) is 46.6 cm³/mol. The lowest BCUT2D eigenvalue weighted by molar-refractivity contribution is 0.300. The second kappa shape index (κ2) is 3.11. The Morgan fingerprint density at radius 1 is 1.36 bits per heavy atom. The molecule has 1 aliphatic heterocycles. The molecule has 0 aromatic heterocycles. The number of hydrogen-bond acceptors (Lipinski definition) is 2. The van der Waals surface area contributed by atoms with Crippen LogP contribution < -0.4 is 5.32 Å². The molecule has 2 heteroatoms. The largest absolute Gasteiger partial charge is 0.312 e. The Hall–Kier alpha value is -0.0800. The van der Waals surface area contributed by atoms with Gasteiger partial charge in [0.25, 0.3) is 0 Å². The van der Waals surface area contributed by atoms with E-state index in [0.717, 1.165) is 12.0 Å². The van der Waals surface area contributed by atoms with Crippen LogP contribution in [-0.4, -0.2) is 37.6 Å². The van der Waals surface area contributed by atoms with Crippen molar-refractivity contribution in [1.29, 1.82) is 0 Å². The summed E-state index contributed by atoms with van der Waals surface area (Å²) in [5, 5.41) is 3.63. The second-order valence-corrected chi connectivity index (χ2v) is 4.01. The van der Waals surface area contributed by atoms with Gasteiger partial charge in [0.1, 0.15) is 0 Å². The van der Waals surface area contributed by atoms with Crippen molar-refractivity contribution in [3.63, 3.8) is 0 Å². The molecule has 2 rings (SSSR count). The van der Waals surface area contributed by atoms with E-state index in [2.05, 4.69) is 17.3 Å². The fraction of sp³-hybridized carbons (Fsp3) is 1.00. The highest BCUT2D eigenvalue weighted by Crippen LogP contribution is 2.27. The smallest absolute Gasteiger partial charge is 0.0108 e. The summed E-state index contributed by atoms with van der Waals surface area (Å²) in [4.78, 5) is 2.46. The summed E-state index contributed by atoms with van der Waals surface area (Å²) in [7, 11) is 2.24. The first-order chi connectivity index (χ1) is 5.36. The molecule has 1 heterocycles. The minimum absolute atomic E-state index is 0.847. The molecular weight excluding hydrogens is 136 g/mol. The van der Waals surface area contributed by atoms with Crippen LogP contribution in [0.3, 0.4) is 0 Å². The minimum atomic E-state index is 0.847. The van der Waals surface area contributed by atoms with Crippen molar-refractivity contribution in [3.05, 3.63) is 0 Å². The molecule has 1 N–H and O–H groups in total. The number of nitrogens with one attached hydrogen (secondary N) is 1. The van der Waals surface area contributed by atoms with Crippen molar-refractivity contribution in [2.45, 2.75) is 25.3 Å². The molecule has 0 bridgehead atoms. The van der Waals surface area contributed by atoms with E-state index in [-0.39, 0.29) is 0 Å². The lowest BCUT2D eigenvalue weighted by Crippen LogP contribution is -2.32. The van der Waals surface area contributed by atoms with Gasteiger partial charge in [-0.1, -0.05) is 6.42 Å². The standard InChI is InChI=1S/C9H18N2/c1-11-6-5-10-9-4-2-3-8(9)7-11/h8-10H,2-7H2,1H3. The van der Waals surface area contributed by atoms with Gasteiger partial charge in [0.15, 0.2) is 0 Å². The van der Waals surface area contributed by atoms with Gasteiger partial charge >= 0.3 is 0 Å². The fourth-order valence-electron chi connectivity index (χ4n) is 2.46. The van der Waals surface area contributed by atoms with Gasteiger partial charge in [-0.2, -0.15) is 0 Å². The molecule has 2 atom stereocenters. The van der Waals surface area contributed by atoms with E-state index in [4.69, 9.17) is 0 Å². The van der Waals surface area contributed by atoms with E-state index in [1.54, 1.807) is 0 Å². The van der Waals surface area contributed by atoms with Gasteiger partial charge < -0.3 is 10.2 Å². The number of likely N-dealkylation sites (N-methyl/N-ethyl adjacent to an activating group) is 1. The summed E-state index contributed by atoms with van der Waals surface area (Å²) in [6.45, 7) is 3.74. The average molecular weight is 154 g/mol. The Bertz CT molecular complexity index is 136. The molecular formula is C9H18N2. The van der Waals surface area contributed by atoms with Crippen LogP contribution in [0.15, 0.2) is 0 Å². The first kappa shape index (κ1) is 7.56. The van der Waals surface area contributed by atoms with Gasteiger partial charge in [-0.3, -0.25) is 0 Å². The monoisotopic (exact) mass is 154 g/mol. The maximum Gasteiger partial charge on any atom is 0.0108 e. The lowest BCUT2D eigenvalue weighted by Gasteiger charge is -2.19. The van der Waals surface area contributed by atoms with Crippen LogP contribution in [0, 0.1) is 5.92 Å². The van der Waals surface area contributed by atoms with Crippen LogP contribution >= 0.6 is 0 Å². The Morgan fingerprint density at radius 2 is 2.27 bits per heavy atom. The third-order valence-corrected chi connectivity index (χ3v) is 3.11. The summed E-state index contributed by atoms with van der Waals surface area (Å²) >= 11 is 0. The topological polar surface area (TPSA) is 15.3 Å². The van der Waals surface area contributed by atoms with E-state index >= 15 is 0 Å². The molecule has 0 aromatic rings. The van der Waals surface area contributed by atoms with Crippen molar-refractivity contribution in [2.24, 2.45) is 5.92 Å². The zero-order valence-corrected chi connectivity index (χ0v) is 7.34. The van der Waals surface area contributed by atoms with Gasteiger partial charge in [-0.25, -0.2) is 0 Å². The summed E-state index contributed by atoms with van der Waals surface area (Å²) < 4.78 is 0. The molecule has 2 fully saturated rings. The zero-order valence-electron chi connectivity index (χ0n) is 7.34. The van der Waals surface area contributed by atoms with Crippen molar-refractivity contribution in [1.82, 2.24) is 10.2 Å². The van der Waals surface area contributed by atoms with E-state index < -0.39 is 0 Å². The van der Waals surface area contributed by atoms with Gasteiger partial charge in [0.2, 0.25) is 0 Å². The molecule has 11 heavy (non-hydrogen) atoms. The van der Waals surface area contributed by atoms with Crippen molar-refractivity contribution in [3.8, 4) is 0 Å². The quantitative estimate of drug-likeness (QED) is 0.552. The first-order valence-electron chi connectivity index (χ1n) is 4.78. The van der Waals surface area contributed by atoms with Crippen LogP contribution in [0.25, 0.3) is 0 Å². The zero-order chi connectivity index (χ0) is 7.68. The molecule has 0 radical (unpaired) electrons. The van der Waals surface area contributed by atoms with Crippen molar-refractivity contribution in [2.75, 3.05) is 26.7 Å². The molecule has 1 aliphatic carbocycles. The summed E-state index contributed by atoms with van der Waals surface area (Å²) in [5.41, 5.74) is 0. The molecule has 0 aromatic carbocycles. The first-order valence-corrected chi connectivity index (χ1v) is 4.78. The van der Waals surface area contributed by atoms with Crippen LogP contribution in [-0.2, 0) is 0 Å². The molecule has 1 saturated carbocycles. The highest BCUT2D eigenvalue weighted by molar-refractivity contribution is 4.87. The third kappa shape index (κ3) is 1.57. The molecule has 64 valence electrons. The second-order valence-electron chi connectivity index (χ2n) is 4.01. The SMILES string of the molecule is CN1CCNC2CCCC2C1. The summed E-state index contributed by atoms with van der Waals surface area (Å²) in [6.07, 6.45) is 4.30. The van der Waals surface area contributed by atoms with Gasteiger partial charge in [-0.05, 0) is 25.8 Å². The van der Waals surface area contributed by atoms with E-state index in [9.17, 15) is 0 Å². The van der Waals surface area contributed by atoms with Crippen molar-refractivity contribution >= 4 is 0 Å². The molecule has 0 amide bonds. The Morgan fingerprint density at radius 3 is 3.18 bits per heavy atom. The minimum Gasteiger partial charge on any atom is -0.312 e. The normalized spacial score (nSPS) is 40.1. The maximum absolute atomic E-state index is 3.63. The summed E-state index contributed by atoms with van der Waals surface area (Å²) in [6, 6.07) is 0.847. The van der Waals surface area contributed by atoms with Gasteiger partial charge in [0.05, 0.1) is 0 Å². The maximum atomic E-state index is 3.63. The van der Waals surface area contributed by atoms with Crippen LogP contribution in [0.5, 0.6) is 0 Å². The van der Waals surface area contributed by atoms with Crippen LogP contribution in [0.4, 0.5) is 0 Å². The fourth-order valence-corrected chi connectivity index (χ4v) is 2.46. The van der Waals surface area contributed by atoms with Crippen LogP contribution in [0.2, 0.25) is 0 Å². The van der Waals surface area contributed by atoms with E-state index in [1.165, 1.54) is 38.9 Å². The highest BCUT2D eigenvalue weighted by Gasteiger charge is 2.29. The van der Waals surface area contributed by atoms with E-state index in [1.807, 2.05) is 0 Å². The number of nitrogens with zero attached hydrogens (tertiary/aromatic N) is 1. The number of hydrogen-bond donors (Lipinski definition) is 1. The van der Waals surface area contributed by atoms with Gasteiger partial charge in [-0.15, -0.1) is 0 Å². The van der Waals surface area contributed by atoms with Gasteiger partial charge in [0, 0.05) is 25.7 Å². The average Bonchev–Trinajstić information content (AvgIpc) is 2.31. The lowest BCUT2D eigenvalue weighted by atomic mass is 10.0. The molecule has 1 saturated heterocycles. The molecule has 2 aliphatic rings.